The summed E-state index contributed by atoms with van der Waals surface area (Å²) in [6, 6.07) is 6.69. The lowest BCUT2D eigenvalue weighted by molar-refractivity contribution is 0.214. The molecule has 3 nitrogen and oxygen atoms in total. The molecular formula is C17H11BrClF3N2O. The third kappa shape index (κ3) is 3.31. The van der Waals surface area contributed by atoms with Crippen molar-refractivity contribution in [1.82, 2.24) is 9.78 Å². The van der Waals surface area contributed by atoms with Crippen molar-refractivity contribution in [2.24, 2.45) is 7.05 Å². The minimum Gasteiger partial charge on any atom is -0.383 e. The second-order valence-corrected chi connectivity index (χ2v) is 6.53. The molecule has 1 heterocycles. The average Bonchev–Trinajstić information content (AvgIpc) is 2.81. The molecule has 0 bridgehead atoms. The third-order valence-electron chi connectivity index (χ3n) is 3.76. The van der Waals surface area contributed by atoms with Crippen LogP contribution in [-0.2, 0) is 7.05 Å². The van der Waals surface area contributed by atoms with Crippen LogP contribution in [0, 0.1) is 17.5 Å². The molecule has 1 N–H and O–H groups in total. The van der Waals surface area contributed by atoms with Crippen molar-refractivity contribution in [3.63, 3.8) is 0 Å². The quantitative estimate of drug-likeness (QED) is 0.634. The van der Waals surface area contributed by atoms with Gasteiger partial charge in [-0.3, -0.25) is 4.68 Å². The summed E-state index contributed by atoms with van der Waals surface area (Å²) in [5, 5.41) is 15.0. The second-order valence-electron chi connectivity index (χ2n) is 5.37. The molecule has 1 unspecified atom stereocenters. The molecule has 0 aliphatic heterocycles. The van der Waals surface area contributed by atoms with Gasteiger partial charge >= 0.3 is 0 Å². The maximum absolute atomic E-state index is 14.1. The molecule has 1 atom stereocenters. The van der Waals surface area contributed by atoms with Crippen LogP contribution in [0.2, 0.25) is 5.02 Å². The molecule has 1 aromatic heterocycles. The van der Waals surface area contributed by atoms with E-state index in [0.29, 0.717) is 17.3 Å². The van der Waals surface area contributed by atoms with Crippen molar-refractivity contribution in [3.05, 3.63) is 74.6 Å². The molecule has 2 aromatic carbocycles. The van der Waals surface area contributed by atoms with Gasteiger partial charge in [-0.25, -0.2) is 13.2 Å². The molecule has 0 radical (unpaired) electrons. The minimum atomic E-state index is -1.43. The number of aryl methyl sites for hydroxylation is 1. The van der Waals surface area contributed by atoms with Crippen LogP contribution in [0.3, 0.4) is 0 Å². The van der Waals surface area contributed by atoms with Crippen LogP contribution in [0.1, 0.15) is 17.2 Å². The lowest BCUT2D eigenvalue weighted by Gasteiger charge is -2.15. The van der Waals surface area contributed by atoms with E-state index in [9.17, 15) is 18.3 Å². The summed E-state index contributed by atoms with van der Waals surface area (Å²) in [6.07, 6.45) is -1.43. The zero-order valence-corrected chi connectivity index (χ0v) is 15.1. The first-order valence-electron chi connectivity index (χ1n) is 7.10. The smallest absolute Gasteiger partial charge is 0.134 e. The number of halogens is 5. The second kappa shape index (κ2) is 6.82. The number of benzene rings is 2. The van der Waals surface area contributed by atoms with Gasteiger partial charge in [0.2, 0.25) is 0 Å². The van der Waals surface area contributed by atoms with Crippen LogP contribution in [0.25, 0.3) is 11.3 Å². The third-order valence-corrected chi connectivity index (χ3v) is 4.65. The number of aromatic nitrogens is 2. The van der Waals surface area contributed by atoms with Crippen molar-refractivity contribution in [3.8, 4) is 11.3 Å². The highest BCUT2D eigenvalue weighted by Gasteiger charge is 2.27. The van der Waals surface area contributed by atoms with Gasteiger partial charge in [0.05, 0.1) is 10.7 Å². The van der Waals surface area contributed by atoms with Gasteiger partial charge in [-0.05, 0) is 40.2 Å². The van der Waals surface area contributed by atoms with E-state index in [1.807, 2.05) is 0 Å². The van der Waals surface area contributed by atoms with Crippen molar-refractivity contribution in [2.45, 2.75) is 6.10 Å². The van der Waals surface area contributed by atoms with E-state index < -0.39 is 23.6 Å². The summed E-state index contributed by atoms with van der Waals surface area (Å²) in [4.78, 5) is 0. The largest absolute Gasteiger partial charge is 0.383 e. The Bertz CT molecular complexity index is 961. The molecule has 3 aromatic rings. The Morgan fingerprint density at radius 1 is 1.12 bits per heavy atom. The van der Waals surface area contributed by atoms with Gasteiger partial charge in [-0.1, -0.05) is 17.7 Å². The first-order valence-corrected chi connectivity index (χ1v) is 8.27. The van der Waals surface area contributed by atoms with E-state index >= 15 is 0 Å². The highest BCUT2D eigenvalue weighted by Crippen LogP contribution is 2.40. The molecular weight excluding hydrogens is 421 g/mol. The molecule has 0 aliphatic carbocycles. The SMILES string of the molecule is Cn1nc(Br)c(C(O)c2ccc(F)cc2F)c1-c1ccc(F)cc1Cl. The highest BCUT2D eigenvalue weighted by atomic mass is 79.9. The zero-order chi connectivity index (χ0) is 18.3. The molecule has 0 amide bonds. The van der Waals surface area contributed by atoms with Crippen LogP contribution in [0.5, 0.6) is 0 Å². The maximum atomic E-state index is 14.1. The zero-order valence-electron chi connectivity index (χ0n) is 12.8. The van der Waals surface area contributed by atoms with Crippen LogP contribution >= 0.6 is 27.5 Å². The Kier molecular flexibility index (Phi) is 4.90. The average molecular weight is 432 g/mol. The number of rotatable bonds is 3. The van der Waals surface area contributed by atoms with E-state index in [2.05, 4.69) is 21.0 Å². The first-order chi connectivity index (χ1) is 11.8. The Labute approximate surface area is 154 Å². The first kappa shape index (κ1) is 18.0. The van der Waals surface area contributed by atoms with E-state index in [-0.39, 0.29) is 20.8 Å². The van der Waals surface area contributed by atoms with E-state index in [1.165, 1.54) is 16.8 Å². The fourth-order valence-electron chi connectivity index (χ4n) is 2.63. The van der Waals surface area contributed by atoms with Gasteiger partial charge in [0.25, 0.3) is 0 Å². The number of hydrogen-bond acceptors (Lipinski definition) is 2. The standard InChI is InChI=1S/C17H11BrClF3N2O/c1-24-15(10-4-2-8(20)6-12(10)19)14(17(18)23-24)16(25)11-5-3-9(21)7-13(11)22/h2-7,16,25H,1H3. The van der Waals surface area contributed by atoms with Gasteiger partial charge in [0, 0.05) is 29.8 Å². The summed E-state index contributed by atoms with van der Waals surface area (Å²) in [7, 11) is 1.61. The van der Waals surface area contributed by atoms with Crippen LogP contribution in [-0.4, -0.2) is 14.9 Å². The van der Waals surface area contributed by atoms with Crippen LogP contribution < -0.4 is 0 Å². The molecule has 25 heavy (non-hydrogen) atoms. The maximum Gasteiger partial charge on any atom is 0.134 e. The van der Waals surface area contributed by atoms with E-state index in [4.69, 9.17) is 11.6 Å². The van der Waals surface area contributed by atoms with Gasteiger partial charge in [0.1, 0.15) is 28.2 Å². The number of nitrogens with zero attached hydrogens (tertiary/aromatic N) is 2. The Balaban J connectivity index is 2.20. The normalized spacial score (nSPS) is 12.4. The number of hydrogen-bond donors (Lipinski definition) is 1. The summed E-state index contributed by atoms with van der Waals surface area (Å²) in [5.41, 5.74) is 0.921. The van der Waals surface area contributed by atoms with E-state index in [0.717, 1.165) is 18.2 Å². The number of aliphatic hydroxyl groups excluding tert-OH is 1. The Hall–Kier alpha value is -1.83. The van der Waals surface area contributed by atoms with Gasteiger partial charge in [-0.15, -0.1) is 0 Å². The topological polar surface area (TPSA) is 38.0 Å². The van der Waals surface area contributed by atoms with Crippen LogP contribution in [0.4, 0.5) is 13.2 Å². The molecule has 0 saturated heterocycles. The molecule has 0 aliphatic rings. The molecule has 0 saturated carbocycles. The van der Waals surface area contributed by atoms with Crippen molar-refractivity contribution in [1.29, 1.82) is 0 Å². The van der Waals surface area contributed by atoms with Gasteiger partial charge < -0.3 is 5.11 Å². The Morgan fingerprint density at radius 3 is 2.40 bits per heavy atom. The number of aliphatic hydroxyl groups is 1. The highest BCUT2D eigenvalue weighted by molar-refractivity contribution is 9.10. The van der Waals surface area contributed by atoms with Crippen molar-refractivity contribution in [2.75, 3.05) is 0 Å². The summed E-state index contributed by atoms with van der Waals surface area (Å²) in [5.74, 6) is -2.15. The van der Waals surface area contributed by atoms with Crippen molar-refractivity contribution < 1.29 is 18.3 Å². The van der Waals surface area contributed by atoms with E-state index in [1.54, 1.807) is 7.05 Å². The summed E-state index contributed by atoms with van der Waals surface area (Å²) < 4.78 is 42.2. The molecule has 0 spiro atoms. The fraction of sp³-hybridized carbons (Fsp3) is 0.118. The lowest BCUT2D eigenvalue weighted by atomic mass is 9.98. The predicted octanol–water partition coefficient (Wildman–Crippen LogP) is 5.00. The lowest BCUT2D eigenvalue weighted by Crippen LogP contribution is -2.06. The summed E-state index contributed by atoms with van der Waals surface area (Å²) >= 11 is 9.35. The predicted molar refractivity (Wildman–Crippen MR) is 91.7 cm³/mol. The summed E-state index contributed by atoms with van der Waals surface area (Å²) in [6.45, 7) is 0. The molecule has 8 heteroatoms. The molecule has 3 rings (SSSR count). The minimum absolute atomic E-state index is 0.114. The van der Waals surface area contributed by atoms with Gasteiger partial charge in [0.15, 0.2) is 0 Å². The monoisotopic (exact) mass is 430 g/mol. The van der Waals surface area contributed by atoms with Crippen molar-refractivity contribution >= 4 is 27.5 Å². The van der Waals surface area contributed by atoms with Crippen LogP contribution in [0.15, 0.2) is 41.0 Å². The molecule has 130 valence electrons. The molecule has 0 fully saturated rings. The van der Waals surface area contributed by atoms with Gasteiger partial charge in [-0.2, -0.15) is 5.10 Å². The Morgan fingerprint density at radius 2 is 1.76 bits per heavy atom. The fourth-order valence-corrected chi connectivity index (χ4v) is 3.53.